The molecule has 2 aliphatic heterocycles. The minimum absolute atomic E-state index is 0.131. The number of carbonyl (C=O) groups excluding carboxylic acids is 2. The molecule has 0 bridgehead atoms. The molecular weight excluding hydrogens is 438 g/mol. The number of amides is 2. The molecule has 190 valence electrons. The van der Waals surface area contributed by atoms with Gasteiger partial charge in [0, 0.05) is 83.4 Å². The van der Waals surface area contributed by atoms with Crippen molar-refractivity contribution in [2.24, 2.45) is 0 Å². The molecule has 2 saturated heterocycles. The molecule has 0 aromatic carbocycles. The molecule has 0 spiro atoms. The van der Waals surface area contributed by atoms with Crippen LogP contribution < -0.4 is 15.5 Å². The third-order valence-corrected chi connectivity index (χ3v) is 5.66. The first-order valence-corrected chi connectivity index (χ1v) is 12.1. The summed E-state index contributed by atoms with van der Waals surface area (Å²) in [5, 5.41) is 6.04. The lowest BCUT2D eigenvalue weighted by Gasteiger charge is -2.34. The van der Waals surface area contributed by atoms with E-state index >= 15 is 0 Å². The fraction of sp³-hybridized carbons (Fsp3) is 0.739. The third kappa shape index (κ3) is 9.03. The molecule has 11 heteroatoms. The molecule has 0 unspecified atom stereocenters. The maximum absolute atomic E-state index is 12.5. The Morgan fingerprint density at radius 1 is 1.03 bits per heavy atom. The molecule has 0 atom stereocenters. The second-order valence-electron chi connectivity index (χ2n) is 9.57. The summed E-state index contributed by atoms with van der Waals surface area (Å²) < 4.78 is 10.9. The van der Waals surface area contributed by atoms with Gasteiger partial charge in [0.25, 0.3) is 0 Å². The molecule has 0 radical (unpaired) electrons. The van der Waals surface area contributed by atoms with Crippen molar-refractivity contribution in [1.29, 1.82) is 0 Å². The summed E-state index contributed by atoms with van der Waals surface area (Å²) in [5.41, 5.74) is 0.256. The Bertz CT molecular complexity index is 771. The SMILES string of the molecule is CC(C)(C)OC(=O)NCc1cnc(N2CCN(C(=O)CCOCCN3CCNCC3)CC2)nc1. The summed E-state index contributed by atoms with van der Waals surface area (Å²) in [5.74, 6) is 0.760. The van der Waals surface area contributed by atoms with Gasteiger partial charge < -0.3 is 29.9 Å². The van der Waals surface area contributed by atoms with Crippen molar-refractivity contribution < 1.29 is 19.1 Å². The zero-order valence-corrected chi connectivity index (χ0v) is 20.7. The maximum atomic E-state index is 12.5. The number of aromatic nitrogens is 2. The molecule has 2 amide bonds. The number of nitrogens with zero attached hydrogens (tertiary/aromatic N) is 5. The van der Waals surface area contributed by atoms with E-state index in [1.54, 1.807) is 12.4 Å². The Labute approximate surface area is 202 Å². The number of nitrogens with one attached hydrogen (secondary N) is 2. The number of carbonyl (C=O) groups is 2. The van der Waals surface area contributed by atoms with Crippen LogP contribution in [0.2, 0.25) is 0 Å². The number of hydrogen-bond acceptors (Lipinski definition) is 9. The number of anilines is 1. The molecule has 0 saturated carbocycles. The van der Waals surface area contributed by atoms with E-state index < -0.39 is 11.7 Å². The number of ether oxygens (including phenoxy) is 2. The summed E-state index contributed by atoms with van der Waals surface area (Å²) in [6.45, 7) is 14.7. The van der Waals surface area contributed by atoms with Gasteiger partial charge in [0.15, 0.2) is 0 Å². The van der Waals surface area contributed by atoms with Crippen molar-refractivity contribution in [2.45, 2.75) is 39.3 Å². The van der Waals surface area contributed by atoms with E-state index in [1.165, 1.54) is 0 Å². The largest absolute Gasteiger partial charge is 0.444 e. The molecule has 11 nitrogen and oxygen atoms in total. The Morgan fingerprint density at radius 2 is 1.71 bits per heavy atom. The minimum atomic E-state index is -0.536. The van der Waals surface area contributed by atoms with Gasteiger partial charge in [0.05, 0.1) is 19.6 Å². The fourth-order valence-electron chi connectivity index (χ4n) is 3.79. The van der Waals surface area contributed by atoms with E-state index in [9.17, 15) is 9.59 Å². The lowest BCUT2D eigenvalue weighted by molar-refractivity contribution is -0.132. The Balaban J connectivity index is 1.30. The highest BCUT2D eigenvalue weighted by atomic mass is 16.6. The van der Waals surface area contributed by atoms with Crippen molar-refractivity contribution in [3.63, 3.8) is 0 Å². The number of alkyl carbamates (subject to hydrolysis) is 1. The molecule has 2 aliphatic rings. The third-order valence-electron chi connectivity index (χ3n) is 5.66. The van der Waals surface area contributed by atoms with Gasteiger partial charge in [-0.25, -0.2) is 14.8 Å². The quantitative estimate of drug-likeness (QED) is 0.490. The molecule has 2 N–H and O–H groups in total. The van der Waals surface area contributed by atoms with Gasteiger partial charge in [-0.1, -0.05) is 0 Å². The first-order chi connectivity index (χ1) is 16.3. The number of hydrogen-bond donors (Lipinski definition) is 2. The highest BCUT2D eigenvalue weighted by Gasteiger charge is 2.22. The second-order valence-corrected chi connectivity index (χ2v) is 9.57. The predicted octanol–water partition coefficient (Wildman–Crippen LogP) is 0.462. The summed E-state index contributed by atoms with van der Waals surface area (Å²) in [6, 6.07) is 0. The first kappa shape index (κ1) is 26.1. The van der Waals surface area contributed by atoms with Gasteiger partial charge in [-0.05, 0) is 20.8 Å². The van der Waals surface area contributed by atoms with Gasteiger partial charge in [0.2, 0.25) is 11.9 Å². The highest BCUT2D eigenvalue weighted by Crippen LogP contribution is 2.12. The van der Waals surface area contributed by atoms with Crippen LogP contribution in [-0.4, -0.2) is 109 Å². The van der Waals surface area contributed by atoms with Crippen molar-refractivity contribution in [1.82, 2.24) is 30.4 Å². The average Bonchev–Trinajstić information content (AvgIpc) is 2.82. The van der Waals surface area contributed by atoms with Crippen LogP contribution in [0, 0.1) is 0 Å². The van der Waals surface area contributed by atoms with Crippen LogP contribution in [0.4, 0.5) is 10.7 Å². The molecule has 0 aliphatic carbocycles. The molecule has 1 aromatic heterocycles. The normalized spacial score (nSPS) is 17.5. The van der Waals surface area contributed by atoms with Crippen molar-refractivity contribution in [2.75, 3.05) is 77.0 Å². The molecule has 34 heavy (non-hydrogen) atoms. The van der Waals surface area contributed by atoms with Gasteiger partial charge in [0.1, 0.15) is 5.60 Å². The van der Waals surface area contributed by atoms with E-state index in [-0.39, 0.29) is 5.91 Å². The molecule has 3 heterocycles. The van der Waals surface area contributed by atoms with E-state index in [1.807, 2.05) is 25.7 Å². The van der Waals surface area contributed by atoms with Crippen LogP contribution in [0.25, 0.3) is 0 Å². The number of piperazine rings is 2. The second kappa shape index (κ2) is 12.8. The van der Waals surface area contributed by atoms with Gasteiger partial charge in [-0.2, -0.15) is 0 Å². The molecular formula is C23H39N7O4. The van der Waals surface area contributed by atoms with Crippen LogP contribution in [0.5, 0.6) is 0 Å². The fourth-order valence-corrected chi connectivity index (χ4v) is 3.79. The number of rotatable bonds is 9. The average molecular weight is 478 g/mol. The van der Waals surface area contributed by atoms with Crippen LogP contribution in [0.3, 0.4) is 0 Å². The molecule has 3 rings (SSSR count). The highest BCUT2D eigenvalue weighted by molar-refractivity contribution is 5.76. The molecule has 2 fully saturated rings. The van der Waals surface area contributed by atoms with Gasteiger partial charge in [-0.3, -0.25) is 9.69 Å². The van der Waals surface area contributed by atoms with E-state index in [0.29, 0.717) is 58.3 Å². The van der Waals surface area contributed by atoms with Crippen molar-refractivity contribution >= 4 is 17.9 Å². The van der Waals surface area contributed by atoms with Gasteiger partial charge in [-0.15, -0.1) is 0 Å². The van der Waals surface area contributed by atoms with Crippen LogP contribution in [0.15, 0.2) is 12.4 Å². The van der Waals surface area contributed by atoms with E-state index in [0.717, 1.165) is 38.3 Å². The zero-order chi connectivity index (χ0) is 24.4. The summed E-state index contributed by atoms with van der Waals surface area (Å²) >= 11 is 0. The maximum Gasteiger partial charge on any atom is 0.407 e. The summed E-state index contributed by atoms with van der Waals surface area (Å²) in [6.07, 6.45) is 3.35. The Kier molecular flexibility index (Phi) is 9.85. The van der Waals surface area contributed by atoms with Crippen molar-refractivity contribution in [3.05, 3.63) is 18.0 Å². The van der Waals surface area contributed by atoms with E-state index in [2.05, 4.69) is 30.4 Å². The Morgan fingerprint density at radius 3 is 2.35 bits per heavy atom. The predicted molar refractivity (Wildman–Crippen MR) is 129 cm³/mol. The topological polar surface area (TPSA) is 112 Å². The van der Waals surface area contributed by atoms with Crippen molar-refractivity contribution in [3.8, 4) is 0 Å². The van der Waals surface area contributed by atoms with Crippen LogP contribution in [0.1, 0.15) is 32.8 Å². The lowest BCUT2D eigenvalue weighted by atomic mass is 10.2. The van der Waals surface area contributed by atoms with Gasteiger partial charge >= 0.3 is 6.09 Å². The summed E-state index contributed by atoms with van der Waals surface area (Å²) in [4.78, 5) is 39.4. The Hall–Kier alpha value is -2.50. The smallest absolute Gasteiger partial charge is 0.407 e. The monoisotopic (exact) mass is 477 g/mol. The minimum Gasteiger partial charge on any atom is -0.444 e. The van der Waals surface area contributed by atoms with Crippen LogP contribution in [-0.2, 0) is 20.8 Å². The first-order valence-electron chi connectivity index (χ1n) is 12.1. The standard InChI is InChI=1S/C23H39N7O4/c1-23(2,3)34-22(32)27-18-19-16-25-21(26-17-19)30-11-9-29(10-12-30)20(31)4-14-33-15-13-28-7-5-24-6-8-28/h16-17,24H,4-15,18H2,1-3H3,(H,27,32). The molecule has 1 aromatic rings. The lowest BCUT2D eigenvalue weighted by Crippen LogP contribution is -2.49. The van der Waals surface area contributed by atoms with E-state index in [4.69, 9.17) is 9.47 Å². The summed E-state index contributed by atoms with van der Waals surface area (Å²) in [7, 11) is 0. The zero-order valence-electron chi connectivity index (χ0n) is 20.7. The van der Waals surface area contributed by atoms with Crippen LogP contribution >= 0.6 is 0 Å².